The van der Waals surface area contributed by atoms with E-state index in [1.54, 1.807) is 30.3 Å². The fourth-order valence-corrected chi connectivity index (χ4v) is 4.49. The highest BCUT2D eigenvalue weighted by molar-refractivity contribution is 7.14. The van der Waals surface area contributed by atoms with Crippen molar-refractivity contribution in [2.75, 3.05) is 27.2 Å². The van der Waals surface area contributed by atoms with Gasteiger partial charge < -0.3 is 9.80 Å². The van der Waals surface area contributed by atoms with E-state index in [1.807, 2.05) is 11.0 Å². The lowest BCUT2D eigenvalue weighted by Crippen LogP contribution is -2.36. The zero-order valence-electron chi connectivity index (χ0n) is 12.7. The zero-order valence-corrected chi connectivity index (χ0v) is 13.5. The molecule has 2 aliphatic rings. The van der Waals surface area contributed by atoms with Crippen LogP contribution in [0.4, 0.5) is 0 Å². The Morgan fingerprint density at radius 1 is 1.29 bits per heavy atom. The van der Waals surface area contributed by atoms with E-state index in [4.69, 9.17) is 0 Å². The molecular formula is C16H22N2O2S. The van der Waals surface area contributed by atoms with E-state index >= 15 is 0 Å². The summed E-state index contributed by atoms with van der Waals surface area (Å²) in [5.74, 6) is 0.508. The maximum atomic E-state index is 12.5. The highest BCUT2D eigenvalue weighted by Crippen LogP contribution is 2.34. The third-order valence-corrected chi connectivity index (χ3v) is 5.69. The first-order valence-corrected chi connectivity index (χ1v) is 8.50. The van der Waals surface area contributed by atoms with Crippen molar-refractivity contribution >= 4 is 23.2 Å². The van der Waals surface area contributed by atoms with E-state index in [9.17, 15) is 9.59 Å². The minimum atomic E-state index is 0.0665. The molecule has 0 bridgehead atoms. The molecule has 1 aromatic heterocycles. The molecule has 0 spiro atoms. The molecular weight excluding hydrogens is 284 g/mol. The lowest BCUT2D eigenvalue weighted by molar-refractivity contribution is -0.134. The van der Waals surface area contributed by atoms with Gasteiger partial charge in [0.15, 0.2) is 0 Å². The van der Waals surface area contributed by atoms with Crippen molar-refractivity contribution in [3.05, 3.63) is 21.4 Å². The highest BCUT2D eigenvalue weighted by atomic mass is 32.1. The van der Waals surface area contributed by atoms with E-state index in [1.165, 1.54) is 10.4 Å². The van der Waals surface area contributed by atoms with Gasteiger partial charge in [0.25, 0.3) is 5.91 Å². The van der Waals surface area contributed by atoms with Crippen molar-refractivity contribution in [3.63, 3.8) is 0 Å². The average Bonchev–Trinajstić information content (AvgIpc) is 3.13. The molecule has 3 rings (SSSR count). The molecule has 2 amide bonds. The quantitative estimate of drug-likeness (QED) is 0.840. The lowest BCUT2D eigenvalue weighted by atomic mass is 9.87. The summed E-state index contributed by atoms with van der Waals surface area (Å²) in [5.41, 5.74) is 1.22. The van der Waals surface area contributed by atoms with Crippen molar-refractivity contribution in [3.8, 4) is 0 Å². The van der Waals surface area contributed by atoms with Gasteiger partial charge in [0.1, 0.15) is 0 Å². The number of hydrogen-bond acceptors (Lipinski definition) is 3. The Balaban J connectivity index is 1.73. The molecule has 1 unspecified atom stereocenters. The predicted octanol–water partition coefficient (Wildman–Crippen LogP) is 2.18. The predicted molar refractivity (Wildman–Crippen MR) is 83.7 cm³/mol. The van der Waals surface area contributed by atoms with Crippen LogP contribution < -0.4 is 0 Å². The molecule has 1 aliphatic carbocycles. The van der Waals surface area contributed by atoms with Crippen molar-refractivity contribution < 1.29 is 9.59 Å². The summed E-state index contributed by atoms with van der Waals surface area (Å²) >= 11 is 1.60. The Kier molecular flexibility index (Phi) is 4.02. The zero-order chi connectivity index (χ0) is 15.0. The summed E-state index contributed by atoms with van der Waals surface area (Å²) in [6.45, 7) is 1.85. The van der Waals surface area contributed by atoms with Crippen LogP contribution in [0.2, 0.25) is 0 Å². The molecule has 0 N–H and O–H groups in total. The average molecular weight is 306 g/mol. The van der Waals surface area contributed by atoms with E-state index in [0.717, 1.165) is 50.1 Å². The number of carbonyl (C=O) groups is 2. The molecule has 114 valence electrons. The Hall–Kier alpha value is -1.36. The fourth-order valence-electron chi connectivity index (χ4n) is 3.26. The summed E-state index contributed by atoms with van der Waals surface area (Å²) in [7, 11) is 3.56. The van der Waals surface area contributed by atoms with Crippen LogP contribution >= 0.6 is 11.3 Å². The van der Waals surface area contributed by atoms with E-state index in [-0.39, 0.29) is 11.8 Å². The number of amides is 2. The van der Waals surface area contributed by atoms with E-state index in [2.05, 4.69) is 0 Å². The molecule has 1 saturated heterocycles. The van der Waals surface area contributed by atoms with Gasteiger partial charge in [-0.1, -0.05) is 0 Å². The first-order chi connectivity index (χ1) is 10.1. The number of aryl methyl sites for hydroxylation is 1. The topological polar surface area (TPSA) is 40.6 Å². The molecule has 0 radical (unpaired) electrons. The molecule has 1 aromatic rings. The van der Waals surface area contributed by atoms with Gasteiger partial charge in [-0.25, -0.2) is 0 Å². The Bertz CT molecular complexity index is 559. The molecule has 5 heteroatoms. The second kappa shape index (κ2) is 5.79. The Morgan fingerprint density at radius 2 is 2.00 bits per heavy atom. The number of fused-ring (bicyclic) bond motifs is 1. The molecule has 1 atom stereocenters. The van der Waals surface area contributed by atoms with Crippen LogP contribution in [-0.4, -0.2) is 48.8 Å². The molecule has 1 fully saturated rings. The van der Waals surface area contributed by atoms with E-state index in [0.29, 0.717) is 5.91 Å². The molecule has 4 nitrogen and oxygen atoms in total. The van der Waals surface area contributed by atoms with Gasteiger partial charge in [-0.3, -0.25) is 9.59 Å². The number of likely N-dealkylation sites (tertiary alicyclic amines) is 1. The van der Waals surface area contributed by atoms with Crippen LogP contribution in [0, 0.1) is 5.92 Å². The maximum Gasteiger partial charge on any atom is 0.263 e. The molecule has 21 heavy (non-hydrogen) atoms. The van der Waals surface area contributed by atoms with Gasteiger partial charge >= 0.3 is 0 Å². The number of nitrogens with zero attached hydrogens (tertiary/aromatic N) is 2. The SMILES string of the molecule is CN(C)C(=O)c1cc2c(s1)CCC(C(=O)N1CCCC1)C2. The largest absolute Gasteiger partial charge is 0.344 e. The van der Waals surface area contributed by atoms with Gasteiger partial charge in [-0.05, 0) is 43.7 Å². The van der Waals surface area contributed by atoms with Crippen molar-refractivity contribution in [1.29, 1.82) is 0 Å². The van der Waals surface area contributed by atoms with Gasteiger partial charge in [-0.2, -0.15) is 0 Å². The molecule has 0 saturated carbocycles. The first-order valence-electron chi connectivity index (χ1n) is 7.68. The van der Waals surface area contributed by atoms with Gasteiger partial charge in [0.2, 0.25) is 5.91 Å². The van der Waals surface area contributed by atoms with Crippen LogP contribution in [0.25, 0.3) is 0 Å². The van der Waals surface area contributed by atoms with Crippen LogP contribution in [-0.2, 0) is 17.6 Å². The summed E-state index contributed by atoms with van der Waals surface area (Å²) in [5, 5.41) is 0. The van der Waals surface area contributed by atoms with E-state index < -0.39 is 0 Å². The second-order valence-corrected chi connectivity index (χ2v) is 7.37. The van der Waals surface area contributed by atoms with Gasteiger partial charge in [-0.15, -0.1) is 11.3 Å². The standard InChI is InChI=1S/C16H22N2O2S/c1-17(2)16(20)14-10-12-9-11(5-6-13(12)21-14)15(19)18-7-3-4-8-18/h10-11H,3-9H2,1-2H3. The summed E-state index contributed by atoms with van der Waals surface area (Å²) in [6.07, 6.45) is 4.96. The first kappa shape index (κ1) is 14.6. The fraction of sp³-hybridized carbons (Fsp3) is 0.625. The second-order valence-electron chi connectivity index (χ2n) is 6.23. The van der Waals surface area contributed by atoms with Crippen molar-refractivity contribution in [2.24, 2.45) is 5.92 Å². The lowest BCUT2D eigenvalue weighted by Gasteiger charge is -2.26. The van der Waals surface area contributed by atoms with Gasteiger partial charge in [0.05, 0.1) is 4.88 Å². The highest BCUT2D eigenvalue weighted by Gasteiger charge is 2.31. The Morgan fingerprint density at radius 3 is 2.67 bits per heavy atom. The Labute approximate surface area is 129 Å². The summed E-state index contributed by atoms with van der Waals surface area (Å²) in [6, 6.07) is 2.01. The monoisotopic (exact) mass is 306 g/mol. The third-order valence-electron chi connectivity index (χ3n) is 4.47. The van der Waals surface area contributed by atoms with Crippen LogP contribution in [0.15, 0.2) is 6.07 Å². The molecule has 0 aromatic carbocycles. The van der Waals surface area contributed by atoms with Crippen LogP contribution in [0.1, 0.15) is 39.4 Å². The van der Waals surface area contributed by atoms with Crippen molar-refractivity contribution in [2.45, 2.75) is 32.1 Å². The minimum Gasteiger partial charge on any atom is -0.344 e. The smallest absolute Gasteiger partial charge is 0.263 e. The number of rotatable bonds is 2. The molecule has 1 aliphatic heterocycles. The normalized spacial score (nSPS) is 21.2. The number of thiophene rings is 1. The van der Waals surface area contributed by atoms with Gasteiger partial charge in [0, 0.05) is 38.0 Å². The number of hydrogen-bond donors (Lipinski definition) is 0. The summed E-state index contributed by atoms with van der Waals surface area (Å²) < 4.78 is 0. The minimum absolute atomic E-state index is 0.0665. The summed E-state index contributed by atoms with van der Waals surface area (Å²) in [4.78, 5) is 30.3. The number of carbonyl (C=O) groups excluding carboxylic acids is 2. The third kappa shape index (κ3) is 2.84. The molecule has 2 heterocycles. The van der Waals surface area contributed by atoms with Crippen LogP contribution in [0.3, 0.4) is 0 Å². The van der Waals surface area contributed by atoms with Crippen molar-refractivity contribution in [1.82, 2.24) is 9.80 Å². The maximum absolute atomic E-state index is 12.5. The van der Waals surface area contributed by atoms with Crippen LogP contribution in [0.5, 0.6) is 0 Å².